The Kier molecular flexibility index (Phi) is 5.38. The Bertz CT molecular complexity index is 702. The summed E-state index contributed by atoms with van der Waals surface area (Å²) in [5, 5.41) is 16.8. The quantitative estimate of drug-likeness (QED) is 0.876. The highest BCUT2D eigenvalue weighted by Crippen LogP contribution is 2.21. The van der Waals surface area contributed by atoms with E-state index >= 15 is 0 Å². The van der Waals surface area contributed by atoms with E-state index in [1.54, 1.807) is 6.20 Å². The Labute approximate surface area is 148 Å². The number of nitrogens with one attached hydrogen (secondary N) is 1. The molecule has 134 valence electrons. The lowest BCUT2D eigenvalue weighted by Gasteiger charge is -2.31. The number of piperidine rings is 1. The Morgan fingerprint density at radius 3 is 2.60 bits per heavy atom. The first-order valence-corrected chi connectivity index (χ1v) is 8.96. The lowest BCUT2D eigenvalue weighted by Crippen LogP contribution is -2.35. The highest BCUT2D eigenvalue weighted by Gasteiger charge is 2.18. The number of anilines is 2. The minimum atomic E-state index is -0.184. The SMILES string of the molecule is CCC(C)n1nccc1NC(=O)c1ccc(N2CCC(O)CC2)cc1. The summed E-state index contributed by atoms with van der Waals surface area (Å²) in [6, 6.07) is 9.69. The summed E-state index contributed by atoms with van der Waals surface area (Å²) in [7, 11) is 0. The molecule has 0 saturated carbocycles. The molecule has 1 aliphatic rings. The van der Waals surface area contributed by atoms with Gasteiger partial charge in [0.05, 0.1) is 18.3 Å². The van der Waals surface area contributed by atoms with E-state index in [0.29, 0.717) is 11.4 Å². The number of nitrogens with zero attached hydrogens (tertiary/aromatic N) is 3. The molecule has 1 aromatic heterocycles. The van der Waals surface area contributed by atoms with Crippen molar-refractivity contribution in [3.05, 3.63) is 42.1 Å². The molecule has 2 N–H and O–H groups in total. The number of rotatable bonds is 5. The molecular weight excluding hydrogens is 316 g/mol. The summed E-state index contributed by atoms with van der Waals surface area (Å²) in [5.74, 6) is 0.583. The number of amides is 1. The number of benzene rings is 1. The van der Waals surface area contributed by atoms with Crippen molar-refractivity contribution < 1.29 is 9.90 Å². The van der Waals surface area contributed by atoms with Crippen LogP contribution in [0.15, 0.2) is 36.5 Å². The molecule has 2 heterocycles. The van der Waals surface area contributed by atoms with E-state index in [2.05, 4.69) is 29.2 Å². The molecular formula is C19H26N4O2. The van der Waals surface area contributed by atoms with E-state index in [4.69, 9.17) is 0 Å². The first-order chi connectivity index (χ1) is 12.1. The van der Waals surface area contributed by atoms with Crippen molar-refractivity contribution in [2.75, 3.05) is 23.3 Å². The predicted octanol–water partition coefficient (Wildman–Crippen LogP) is 3.07. The van der Waals surface area contributed by atoms with E-state index in [1.165, 1.54) is 0 Å². The number of hydrogen-bond acceptors (Lipinski definition) is 4. The summed E-state index contributed by atoms with van der Waals surface area (Å²) in [6.45, 7) is 5.87. The lowest BCUT2D eigenvalue weighted by molar-refractivity contribution is 0.102. The second-order valence-electron chi connectivity index (χ2n) is 6.64. The third kappa shape index (κ3) is 4.02. The van der Waals surface area contributed by atoms with E-state index in [9.17, 15) is 9.90 Å². The van der Waals surface area contributed by atoms with Gasteiger partial charge in [-0.15, -0.1) is 0 Å². The Morgan fingerprint density at radius 2 is 1.96 bits per heavy atom. The van der Waals surface area contributed by atoms with E-state index < -0.39 is 0 Å². The van der Waals surface area contributed by atoms with Gasteiger partial charge in [-0.05, 0) is 50.5 Å². The van der Waals surface area contributed by atoms with Gasteiger partial charge in [-0.25, -0.2) is 4.68 Å². The van der Waals surface area contributed by atoms with E-state index in [1.807, 2.05) is 35.0 Å². The zero-order valence-corrected chi connectivity index (χ0v) is 14.9. The number of aliphatic hydroxyl groups is 1. The van der Waals surface area contributed by atoms with Gasteiger partial charge in [-0.1, -0.05) is 6.92 Å². The standard InChI is InChI=1S/C19H26N4O2/c1-3-14(2)23-18(8-11-20-23)21-19(25)15-4-6-16(7-5-15)22-12-9-17(24)10-13-22/h4-8,11,14,17,24H,3,9-10,12-13H2,1-2H3,(H,21,25). The second kappa shape index (κ2) is 7.70. The van der Waals surface area contributed by atoms with Crippen LogP contribution in [0.25, 0.3) is 0 Å². The van der Waals surface area contributed by atoms with Gasteiger partial charge < -0.3 is 15.3 Å². The summed E-state index contributed by atoms with van der Waals surface area (Å²) >= 11 is 0. The van der Waals surface area contributed by atoms with E-state index in [-0.39, 0.29) is 18.1 Å². The molecule has 1 aromatic carbocycles. The summed E-state index contributed by atoms with van der Waals surface area (Å²) in [6.07, 6.45) is 4.06. The van der Waals surface area contributed by atoms with Gasteiger partial charge in [0.2, 0.25) is 0 Å². The van der Waals surface area contributed by atoms with Gasteiger partial charge in [-0.3, -0.25) is 4.79 Å². The minimum Gasteiger partial charge on any atom is -0.393 e. The average Bonchev–Trinajstić information content (AvgIpc) is 3.10. The van der Waals surface area contributed by atoms with Crippen molar-refractivity contribution in [2.24, 2.45) is 0 Å². The van der Waals surface area contributed by atoms with Crippen LogP contribution in [0.2, 0.25) is 0 Å². The zero-order valence-electron chi connectivity index (χ0n) is 14.9. The van der Waals surface area contributed by atoms with Gasteiger partial charge in [0, 0.05) is 30.4 Å². The first kappa shape index (κ1) is 17.5. The lowest BCUT2D eigenvalue weighted by atomic mass is 10.1. The highest BCUT2D eigenvalue weighted by atomic mass is 16.3. The molecule has 1 aliphatic heterocycles. The van der Waals surface area contributed by atoms with Crippen molar-refractivity contribution in [3.63, 3.8) is 0 Å². The smallest absolute Gasteiger partial charge is 0.256 e. The molecule has 1 amide bonds. The van der Waals surface area contributed by atoms with Crippen LogP contribution in [0.3, 0.4) is 0 Å². The molecule has 1 unspecified atom stereocenters. The molecule has 1 atom stereocenters. The van der Waals surface area contributed by atoms with Crippen LogP contribution in [-0.4, -0.2) is 40.0 Å². The minimum absolute atomic E-state index is 0.134. The normalized spacial score (nSPS) is 16.7. The van der Waals surface area contributed by atoms with Crippen LogP contribution in [-0.2, 0) is 0 Å². The largest absolute Gasteiger partial charge is 0.393 e. The Balaban J connectivity index is 1.66. The maximum atomic E-state index is 12.5. The zero-order chi connectivity index (χ0) is 17.8. The fourth-order valence-corrected chi connectivity index (χ4v) is 3.07. The molecule has 1 fully saturated rings. The van der Waals surface area contributed by atoms with Crippen LogP contribution < -0.4 is 10.2 Å². The summed E-state index contributed by atoms with van der Waals surface area (Å²) < 4.78 is 1.84. The Morgan fingerprint density at radius 1 is 1.28 bits per heavy atom. The maximum absolute atomic E-state index is 12.5. The first-order valence-electron chi connectivity index (χ1n) is 8.96. The third-order valence-corrected chi connectivity index (χ3v) is 4.88. The number of aromatic nitrogens is 2. The topological polar surface area (TPSA) is 70.4 Å². The summed E-state index contributed by atoms with van der Waals surface area (Å²) in [4.78, 5) is 14.7. The fraction of sp³-hybridized carbons (Fsp3) is 0.474. The van der Waals surface area contributed by atoms with Gasteiger partial charge in [0.15, 0.2) is 0 Å². The second-order valence-corrected chi connectivity index (χ2v) is 6.64. The van der Waals surface area contributed by atoms with E-state index in [0.717, 1.165) is 38.0 Å². The fourth-order valence-electron chi connectivity index (χ4n) is 3.07. The van der Waals surface area contributed by atoms with Crippen LogP contribution in [0.5, 0.6) is 0 Å². The molecule has 3 rings (SSSR count). The molecule has 0 aliphatic carbocycles. The summed E-state index contributed by atoms with van der Waals surface area (Å²) in [5.41, 5.74) is 1.71. The maximum Gasteiger partial charge on any atom is 0.256 e. The van der Waals surface area contributed by atoms with Crippen LogP contribution in [0.4, 0.5) is 11.5 Å². The van der Waals surface area contributed by atoms with Gasteiger partial charge >= 0.3 is 0 Å². The van der Waals surface area contributed by atoms with Crippen LogP contribution >= 0.6 is 0 Å². The van der Waals surface area contributed by atoms with Crippen molar-refractivity contribution in [1.82, 2.24) is 9.78 Å². The number of carbonyl (C=O) groups is 1. The highest BCUT2D eigenvalue weighted by molar-refractivity contribution is 6.04. The molecule has 0 bridgehead atoms. The molecule has 2 aromatic rings. The molecule has 1 saturated heterocycles. The van der Waals surface area contributed by atoms with Crippen molar-refractivity contribution in [1.29, 1.82) is 0 Å². The predicted molar refractivity (Wildman–Crippen MR) is 99.1 cm³/mol. The number of carbonyl (C=O) groups excluding carboxylic acids is 1. The molecule has 6 nitrogen and oxygen atoms in total. The third-order valence-electron chi connectivity index (χ3n) is 4.88. The van der Waals surface area contributed by atoms with Crippen molar-refractivity contribution in [2.45, 2.75) is 45.3 Å². The van der Waals surface area contributed by atoms with Crippen molar-refractivity contribution >= 4 is 17.4 Å². The number of aliphatic hydroxyl groups excluding tert-OH is 1. The van der Waals surface area contributed by atoms with Crippen LogP contribution in [0, 0.1) is 0 Å². The monoisotopic (exact) mass is 342 g/mol. The van der Waals surface area contributed by atoms with Gasteiger partial charge in [0.1, 0.15) is 5.82 Å². The Hall–Kier alpha value is -2.34. The number of hydrogen-bond donors (Lipinski definition) is 2. The molecule has 0 radical (unpaired) electrons. The van der Waals surface area contributed by atoms with Gasteiger partial charge in [-0.2, -0.15) is 5.10 Å². The van der Waals surface area contributed by atoms with Crippen LogP contribution in [0.1, 0.15) is 49.5 Å². The van der Waals surface area contributed by atoms with Gasteiger partial charge in [0.25, 0.3) is 5.91 Å². The van der Waals surface area contributed by atoms with Crippen molar-refractivity contribution in [3.8, 4) is 0 Å². The average molecular weight is 342 g/mol. The molecule has 6 heteroatoms. The molecule has 0 spiro atoms. The molecule has 25 heavy (non-hydrogen) atoms.